The van der Waals surface area contributed by atoms with E-state index in [1.165, 1.54) is 0 Å². The second-order valence-corrected chi connectivity index (χ2v) is 9.08. The third-order valence-electron chi connectivity index (χ3n) is 3.42. The highest BCUT2D eigenvalue weighted by Crippen LogP contribution is 2.07. The number of carbonyl (C=O) groups is 2. The molecule has 0 bridgehead atoms. The van der Waals surface area contributed by atoms with Gasteiger partial charge in [0.25, 0.3) is 0 Å². The Morgan fingerprint density at radius 1 is 0.700 bits per heavy atom. The Kier molecular flexibility index (Phi) is 13.5. The molecular formula is C20H40F2N4O4. The lowest BCUT2D eigenvalue weighted by atomic mass is 10.2. The first kappa shape index (κ1) is 28.3. The molecule has 0 saturated heterocycles. The van der Waals surface area contributed by atoms with Gasteiger partial charge in [0.1, 0.15) is 23.5 Å². The fraction of sp³-hybridized carbons (Fsp3) is 0.900. The number of alkyl carbamates (subject to hydrolysis) is 2. The minimum Gasteiger partial charge on any atom is -0.444 e. The first-order valence-corrected chi connectivity index (χ1v) is 10.4. The summed E-state index contributed by atoms with van der Waals surface area (Å²) in [5, 5.41) is 10.7. The van der Waals surface area contributed by atoms with Gasteiger partial charge in [-0.15, -0.1) is 0 Å². The second-order valence-electron chi connectivity index (χ2n) is 9.08. The van der Waals surface area contributed by atoms with E-state index in [1.54, 1.807) is 41.5 Å². The van der Waals surface area contributed by atoms with E-state index in [0.29, 0.717) is 13.1 Å². The normalized spacial score (nSPS) is 14.0. The van der Waals surface area contributed by atoms with E-state index in [4.69, 9.17) is 9.47 Å². The molecule has 0 aromatic heterocycles. The topological polar surface area (TPSA) is 101 Å². The van der Waals surface area contributed by atoms with Gasteiger partial charge >= 0.3 is 12.2 Å². The zero-order valence-corrected chi connectivity index (χ0v) is 19.2. The van der Waals surface area contributed by atoms with Crippen molar-refractivity contribution in [2.45, 2.75) is 77.9 Å². The maximum atomic E-state index is 13.7. The number of halogens is 2. The molecule has 30 heavy (non-hydrogen) atoms. The van der Waals surface area contributed by atoms with Crippen LogP contribution in [0.3, 0.4) is 0 Å². The molecular weight excluding hydrogens is 398 g/mol. The van der Waals surface area contributed by atoms with Crippen LogP contribution in [0.2, 0.25) is 0 Å². The van der Waals surface area contributed by atoms with Crippen LogP contribution in [0.5, 0.6) is 0 Å². The van der Waals surface area contributed by atoms with E-state index in [0.717, 1.165) is 12.8 Å². The van der Waals surface area contributed by atoms with Crippen molar-refractivity contribution < 1.29 is 27.8 Å². The smallest absolute Gasteiger partial charge is 0.407 e. The first-order chi connectivity index (χ1) is 13.8. The highest BCUT2D eigenvalue weighted by atomic mass is 19.1. The fourth-order valence-corrected chi connectivity index (χ4v) is 2.18. The monoisotopic (exact) mass is 438 g/mol. The molecule has 0 aliphatic carbocycles. The summed E-state index contributed by atoms with van der Waals surface area (Å²) in [6.45, 7) is 11.7. The van der Waals surface area contributed by atoms with Crippen LogP contribution in [-0.2, 0) is 9.47 Å². The molecule has 0 aliphatic rings. The Bertz CT molecular complexity index is 452. The standard InChI is InChI=1S/C20H40F2N4O4/c1-19(2,3)29-17(27)25-13-15(21)11-23-9-7-8-10-24-12-16(22)14-26-18(28)30-20(4,5)6/h15-16,23-24H,7-14H2,1-6H3,(H,25,27)(H,26,28). The average Bonchev–Trinajstić information content (AvgIpc) is 2.57. The van der Waals surface area contributed by atoms with Crippen LogP contribution in [0.15, 0.2) is 0 Å². The quantitative estimate of drug-likeness (QED) is 0.330. The molecule has 0 aliphatic heterocycles. The number of hydrogen-bond donors (Lipinski definition) is 4. The van der Waals surface area contributed by atoms with Crippen molar-refractivity contribution in [3.05, 3.63) is 0 Å². The lowest BCUT2D eigenvalue weighted by molar-refractivity contribution is 0.0502. The molecule has 0 aromatic rings. The fourth-order valence-electron chi connectivity index (χ4n) is 2.18. The van der Waals surface area contributed by atoms with E-state index in [2.05, 4.69) is 21.3 Å². The van der Waals surface area contributed by atoms with Gasteiger partial charge in [-0.05, 0) is 67.5 Å². The number of unbranched alkanes of at least 4 members (excludes halogenated alkanes) is 1. The van der Waals surface area contributed by atoms with Crippen LogP contribution >= 0.6 is 0 Å². The summed E-state index contributed by atoms with van der Waals surface area (Å²) in [5.41, 5.74) is -1.22. The first-order valence-electron chi connectivity index (χ1n) is 10.4. The molecule has 0 spiro atoms. The summed E-state index contributed by atoms with van der Waals surface area (Å²) in [7, 11) is 0. The van der Waals surface area contributed by atoms with Crippen LogP contribution < -0.4 is 21.3 Å². The molecule has 178 valence electrons. The van der Waals surface area contributed by atoms with Gasteiger partial charge in [0.15, 0.2) is 0 Å². The Hall–Kier alpha value is -1.68. The lowest BCUT2D eigenvalue weighted by Gasteiger charge is -2.20. The van der Waals surface area contributed by atoms with Gasteiger partial charge in [-0.2, -0.15) is 0 Å². The van der Waals surface area contributed by atoms with E-state index >= 15 is 0 Å². The number of rotatable bonds is 13. The largest absolute Gasteiger partial charge is 0.444 e. The predicted octanol–water partition coefficient (Wildman–Crippen LogP) is 2.67. The highest BCUT2D eigenvalue weighted by Gasteiger charge is 2.18. The number of amides is 2. The average molecular weight is 439 g/mol. The molecule has 0 radical (unpaired) electrons. The molecule has 4 N–H and O–H groups in total. The number of ether oxygens (including phenoxy) is 2. The van der Waals surface area contributed by atoms with E-state index in [1.807, 2.05) is 0 Å². The number of alkyl halides is 2. The summed E-state index contributed by atoms with van der Waals surface area (Å²) in [4.78, 5) is 22.9. The zero-order chi connectivity index (χ0) is 23.2. The van der Waals surface area contributed by atoms with Crippen molar-refractivity contribution in [1.82, 2.24) is 21.3 Å². The van der Waals surface area contributed by atoms with Gasteiger partial charge in [0.05, 0.1) is 13.1 Å². The summed E-state index contributed by atoms with van der Waals surface area (Å²) in [6, 6.07) is 0. The van der Waals surface area contributed by atoms with Crippen LogP contribution in [0.25, 0.3) is 0 Å². The molecule has 0 fully saturated rings. The van der Waals surface area contributed by atoms with Gasteiger partial charge in [-0.25, -0.2) is 18.4 Å². The Balaban J connectivity index is 3.56. The summed E-state index contributed by atoms with van der Waals surface area (Å²) in [6.07, 6.45) is -2.09. The molecule has 0 aromatic carbocycles. The zero-order valence-electron chi connectivity index (χ0n) is 19.2. The summed E-state index contributed by atoms with van der Waals surface area (Å²) < 4.78 is 37.5. The molecule has 0 saturated carbocycles. The van der Waals surface area contributed by atoms with E-state index in [-0.39, 0.29) is 26.2 Å². The van der Waals surface area contributed by atoms with Crippen LogP contribution in [-0.4, -0.2) is 75.0 Å². The predicted molar refractivity (Wildman–Crippen MR) is 113 cm³/mol. The van der Waals surface area contributed by atoms with Gasteiger partial charge in [0.2, 0.25) is 0 Å². The SMILES string of the molecule is CC(C)(C)OC(=O)NCC(F)CNCCCCNCC(F)CNC(=O)OC(C)(C)C. The van der Waals surface area contributed by atoms with Gasteiger partial charge in [-0.1, -0.05) is 0 Å². The van der Waals surface area contributed by atoms with Crippen molar-refractivity contribution in [3.8, 4) is 0 Å². The van der Waals surface area contributed by atoms with Crippen molar-refractivity contribution in [2.75, 3.05) is 39.3 Å². The van der Waals surface area contributed by atoms with Crippen molar-refractivity contribution in [2.24, 2.45) is 0 Å². The lowest BCUT2D eigenvalue weighted by Crippen LogP contribution is -2.39. The van der Waals surface area contributed by atoms with Crippen LogP contribution in [0, 0.1) is 0 Å². The Labute approximate surface area is 179 Å². The molecule has 2 atom stereocenters. The van der Waals surface area contributed by atoms with Crippen molar-refractivity contribution >= 4 is 12.2 Å². The molecule has 2 unspecified atom stereocenters. The van der Waals surface area contributed by atoms with E-state index in [9.17, 15) is 18.4 Å². The second kappa shape index (κ2) is 14.3. The van der Waals surface area contributed by atoms with Crippen molar-refractivity contribution in [1.29, 1.82) is 0 Å². The van der Waals surface area contributed by atoms with Gasteiger partial charge in [-0.3, -0.25) is 0 Å². The minimum atomic E-state index is -1.21. The number of hydrogen-bond acceptors (Lipinski definition) is 6. The molecule has 2 amide bonds. The van der Waals surface area contributed by atoms with E-state index < -0.39 is 35.7 Å². The van der Waals surface area contributed by atoms with Crippen molar-refractivity contribution in [3.63, 3.8) is 0 Å². The van der Waals surface area contributed by atoms with Gasteiger partial charge < -0.3 is 30.7 Å². The minimum absolute atomic E-state index is 0.112. The van der Waals surface area contributed by atoms with Crippen LogP contribution in [0.4, 0.5) is 18.4 Å². The Morgan fingerprint density at radius 3 is 1.33 bits per heavy atom. The maximum Gasteiger partial charge on any atom is 0.407 e. The summed E-state index contributed by atoms with van der Waals surface area (Å²) >= 11 is 0. The van der Waals surface area contributed by atoms with Crippen LogP contribution in [0.1, 0.15) is 54.4 Å². The number of nitrogens with one attached hydrogen (secondary N) is 4. The third kappa shape index (κ3) is 19.6. The molecule has 0 heterocycles. The highest BCUT2D eigenvalue weighted by molar-refractivity contribution is 5.68. The molecule has 0 rings (SSSR count). The van der Waals surface area contributed by atoms with Gasteiger partial charge in [0, 0.05) is 13.1 Å². The summed E-state index contributed by atoms with van der Waals surface area (Å²) in [5.74, 6) is 0. The Morgan fingerprint density at radius 2 is 1.03 bits per heavy atom. The third-order valence-corrected chi connectivity index (χ3v) is 3.42. The maximum absolute atomic E-state index is 13.7. The molecule has 10 heteroatoms. The molecule has 8 nitrogen and oxygen atoms in total. The number of carbonyl (C=O) groups excluding carboxylic acids is 2.